The highest BCUT2D eigenvalue weighted by molar-refractivity contribution is 5.97. The van der Waals surface area contributed by atoms with Crippen LogP contribution in [0.25, 0.3) is 22.3 Å². The van der Waals surface area contributed by atoms with Gasteiger partial charge >= 0.3 is 5.97 Å². The van der Waals surface area contributed by atoms with Gasteiger partial charge in [0.05, 0.1) is 24.1 Å². The summed E-state index contributed by atoms with van der Waals surface area (Å²) < 4.78 is 11.3. The minimum Gasteiger partial charge on any atom is -0.465 e. The predicted octanol–water partition coefficient (Wildman–Crippen LogP) is 5.36. The van der Waals surface area contributed by atoms with E-state index in [1.807, 2.05) is 50.2 Å². The van der Waals surface area contributed by atoms with Crippen LogP contribution in [0.4, 0.5) is 5.69 Å². The van der Waals surface area contributed by atoms with Crippen LogP contribution >= 0.6 is 0 Å². The van der Waals surface area contributed by atoms with Crippen molar-refractivity contribution in [3.8, 4) is 11.3 Å². The van der Waals surface area contributed by atoms with Gasteiger partial charge in [0.2, 0.25) is 0 Å². The SMILES string of the molecule is COC(=O)c1ccccc1NC(C)c1cc(C)cc2c(=O)cc(-c3ccc4c(c3)CCN(C)C4=O)oc12. The quantitative estimate of drug-likeness (QED) is 0.375. The lowest BCUT2D eigenvalue weighted by atomic mass is 9.95. The molecule has 0 spiro atoms. The first-order valence-electron chi connectivity index (χ1n) is 12.2. The maximum Gasteiger partial charge on any atom is 0.339 e. The molecule has 0 aliphatic carbocycles. The van der Waals surface area contributed by atoms with Gasteiger partial charge in [-0.25, -0.2) is 4.79 Å². The molecule has 1 aliphatic heterocycles. The van der Waals surface area contributed by atoms with Gasteiger partial charge in [0.25, 0.3) is 5.91 Å². The van der Waals surface area contributed by atoms with Crippen molar-refractivity contribution in [3.05, 3.63) is 98.7 Å². The second-order valence-electron chi connectivity index (χ2n) is 9.46. The van der Waals surface area contributed by atoms with E-state index in [0.717, 1.165) is 28.7 Å². The summed E-state index contributed by atoms with van der Waals surface area (Å²) in [7, 11) is 3.14. The van der Waals surface area contributed by atoms with Crippen LogP contribution in [-0.2, 0) is 11.2 Å². The fourth-order valence-corrected chi connectivity index (χ4v) is 4.86. The van der Waals surface area contributed by atoms with E-state index in [0.29, 0.717) is 40.1 Å². The summed E-state index contributed by atoms with van der Waals surface area (Å²) in [6, 6.07) is 17.7. The third kappa shape index (κ3) is 4.48. The van der Waals surface area contributed by atoms with Crippen molar-refractivity contribution in [2.75, 3.05) is 26.0 Å². The summed E-state index contributed by atoms with van der Waals surface area (Å²) in [6.07, 6.45) is 0.744. The van der Waals surface area contributed by atoms with E-state index in [1.165, 1.54) is 13.2 Å². The normalized spacial score (nSPS) is 13.8. The minimum absolute atomic E-state index is 0.00217. The molecular weight excluding hydrogens is 468 g/mol. The first kappa shape index (κ1) is 24.3. The number of fused-ring (bicyclic) bond motifs is 2. The minimum atomic E-state index is -0.435. The Bertz CT molecular complexity index is 1600. The summed E-state index contributed by atoms with van der Waals surface area (Å²) in [6.45, 7) is 4.54. The molecule has 1 N–H and O–H groups in total. The summed E-state index contributed by atoms with van der Waals surface area (Å²) in [4.78, 5) is 39.7. The lowest BCUT2D eigenvalue weighted by Crippen LogP contribution is -2.34. The van der Waals surface area contributed by atoms with Gasteiger partial charge in [-0.05, 0) is 61.7 Å². The zero-order chi connectivity index (χ0) is 26.3. The van der Waals surface area contributed by atoms with Gasteiger partial charge in [0.15, 0.2) is 5.43 Å². The van der Waals surface area contributed by atoms with Gasteiger partial charge < -0.3 is 19.4 Å². The van der Waals surface area contributed by atoms with Crippen LogP contribution in [0, 0.1) is 6.92 Å². The van der Waals surface area contributed by atoms with Gasteiger partial charge in [-0.15, -0.1) is 0 Å². The number of carbonyl (C=O) groups excluding carboxylic acids is 2. The van der Waals surface area contributed by atoms with E-state index >= 15 is 0 Å². The van der Waals surface area contributed by atoms with Crippen LogP contribution in [0.15, 0.2) is 69.9 Å². The van der Waals surface area contributed by atoms with Gasteiger partial charge in [-0.3, -0.25) is 9.59 Å². The van der Waals surface area contributed by atoms with Crippen molar-refractivity contribution in [2.45, 2.75) is 26.3 Å². The zero-order valence-electron chi connectivity index (χ0n) is 21.3. The standard InChI is InChI=1S/C30H28N2O5/c1-17-13-23(18(2)31-25-8-6-5-7-22(25)30(35)36-4)28-24(14-17)26(33)16-27(37-28)20-9-10-21-19(15-20)11-12-32(3)29(21)34/h5-10,13-16,18,31H,11-12H2,1-4H3. The average Bonchev–Trinajstić information content (AvgIpc) is 2.90. The molecule has 0 saturated carbocycles. The van der Waals surface area contributed by atoms with Crippen LogP contribution in [-0.4, -0.2) is 37.5 Å². The molecule has 1 unspecified atom stereocenters. The number of hydrogen-bond acceptors (Lipinski definition) is 6. The van der Waals surface area contributed by atoms with Gasteiger partial charge in [-0.1, -0.05) is 24.3 Å². The monoisotopic (exact) mass is 496 g/mol. The smallest absolute Gasteiger partial charge is 0.339 e. The number of hydrogen-bond donors (Lipinski definition) is 1. The zero-order valence-corrected chi connectivity index (χ0v) is 21.3. The molecule has 2 heterocycles. The van der Waals surface area contributed by atoms with E-state index in [2.05, 4.69) is 5.32 Å². The Morgan fingerprint density at radius 1 is 1.08 bits per heavy atom. The Balaban J connectivity index is 1.59. The number of para-hydroxylation sites is 1. The Labute approximate surface area is 214 Å². The number of benzene rings is 3. The lowest BCUT2D eigenvalue weighted by Gasteiger charge is -2.25. The fraction of sp³-hybridized carbons (Fsp3) is 0.233. The molecule has 7 heteroatoms. The van der Waals surface area contributed by atoms with Crippen molar-refractivity contribution in [2.24, 2.45) is 0 Å². The van der Waals surface area contributed by atoms with E-state index < -0.39 is 5.97 Å². The number of methoxy groups -OCH3 is 1. The maximum absolute atomic E-state index is 13.2. The fourth-order valence-electron chi connectivity index (χ4n) is 4.86. The first-order chi connectivity index (χ1) is 17.8. The number of nitrogens with zero attached hydrogens (tertiary/aromatic N) is 1. The molecule has 0 saturated heterocycles. The van der Waals surface area contributed by atoms with Crippen LogP contribution in [0.1, 0.15) is 50.4 Å². The highest BCUT2D eigenvalue weighted by Crippen LogP contribution is 2.32. The molecule has 0 bridgehead atoms. The van der Waals surface area contributed by atoms with Crippen LogP contribution in [0.5, 0.6) is 0 Å². The van der Waals surface area contributed by atoms with Gasteiger partial charge in [0, 0.05) is 42.0 Å². The van der Waals surface area contributed by atoms with Crippen molar-refractivity contribution in [1.29, 1.82) is 0 Å². The number of likely N-dealkylation sites (N-methyl/N-ethyl adjacent to an activating group) is 1. The number of nitrogens with one attached hydrogen (secondary N) is 1. The average molecular weight is 497 g/mol. The topological polar surface area (TPSA) is 88.9 Å². The Morgan fingerprint density at radius 2 is 1.86 bits per heavy atom. The molecule has 1 amide bonds. The number of amides is 1. The Kier molecular flexibility index (Phi) is 6.29. The molecule has 37 heavy (non-hydrogen) atoms. The second-order valence-corrected chi connectivity index (χ2v) is 9.46. The molecule has 1 atom stereocenters. The Hall–Kier alpha value is -4.39. The molecule has 1 aliphatic rings. The molecule has 188 valence electrons. The van der Waals surface area contributed by atoms with Crippen LogP contribution < -0.4 is 10.7 Å². The van der Waals surface area contributed by atoms with Crippen LogP contribution in [0.3, 0.4) is 0 Å². The number of ether oxygens (including phenoxy) is 1. The number of esters is 1. The van der Waals surface area contributed by atoms with Gasteiger partial charge in [-0.2, -0.15) is 0 Å². The highest BCUT2D eigenvalue weighted by atomic mass is 16.5. The van der Waals surface area contributed by atoms with Crippen molar-refractivity contribution < 1.29 is 18.7 Å². The third-order valence-corrected chi connectivity index (χ3v) is 6.86. The summed E-state index contributed by atoms with van der Waals surface area (Å²) in [5.41, 5.74) is 5.48. The molecule has 5 rings (SSSR count). The van der Waals surface area contributed by atoms with Crippen LogP contribution in [0.2, 0.25) is 0 Å². The predicted molar refractivity (Wildman–Crippen MR) is 143 cm³/mol. The summed E-state index contributed by atoms with van der Waals surface area (Å²) in [5, 5.41) is 3.87. The van der Waals surface area contributed by atoms with E-state index in [-0.39, 0.29) is 17.4 Å². The highest BCUT2D eigenvalue weighted by Gasteiger charge is 2.23. The first-order valence-corrected chi connectivity index (χ1v) is 12.2. The molecule has 7 nitrogen and oxygen atoms in total. The molecular formula is C30H28N2O5. The number of anilines is 1. The number of aryl methyl sites for hydroxylation is 1. The summed E-state index contributed by atoms with van der Waals surface area (Å²) in [5.74, 6) is 0.00639. The third-order valence-electron chi connectivity index (χ3n) is 6.86. The number of carbonyl (C=O) groups is 2. The second kappa shape index (κ2) is 9.58. The maximum atomic E-state index is 13.2. The van der Waals surface area contributed by atoms with E-state index in [4.69, 9.17) is 9.15 Å². The van der Waals surface area contributed by atoms with E-state index in [1.54, 1.807) is 30.1 Å². The number of rotatable bonds is 5. The molecule has 1 aromatic heterocycles. The van der Waals surface area contributed by atoms with Gasteiger partial charge in [0.1, 0.15) is 11.3 Å². The molecule has 0 radical (unpaired) electrons. The largest absolute Gasteiger partial charge is 0.465 e. The Morgan fingerprint density at radius 3 is 2.65 bits per heavy atom. The molecule has 4 aromatic rings. The van der Waals surface area contributed by atoms with Crippen molar-refractivity contribution in [3.63, 3.8) is 0 Å². The van der Waals surface area contributed by atoms with Crippen molar-refractivity contribution in [1.82, 2.24) is 4.90 Å². The summed E-state index contributed by atoms with van der Waals surface area (Å²) >= 11 is 0. The van der Waals surface area contributed by atoms with Crippen molar-refractivity contribution >= 4 is 28.5 Å². The van der Waals surface area contributed by atoms with E-state index in [9.17, 15) is 14.4 Å². The molecule has 0 fully saturated rings. The lowest BCUT2D eigenvalue weighted by molar-refractivity contribution is 0.0601. The molecule has 3 aromatic carbocycles.